The first-order chi connectivity index (χ1) is 9.22. The monoisotopic (exact) mass is 335 g/mol. The highest BCUT2D eigenvalue weighted by Gasteiger charge is 2.22. The fraction of sp³-hybridized carbons (Fsp3) is 0.333. The maximum Gasteiger partial charge on any atom is 0.132 e. The van der Waals surface area contributed by atoms with Gasteiger partial charge in [0.1, 0.15) is 5.78 Å². The van der Waals surface area contributed by atoms with Crippen LogP contribution in [-0.4, -0.2) is 10.8 Å². The van der Waals surface area contributed by atoms with E-state index in [1.165, 1.54) is 5.01 Å². The number of carbonyl (C=O) groups is 1. The standard InChI is InChI=1S/C15H14BrNOS/c16-12-3-1-2-11(8-12)14-9-19-15(17-14)10-4-6-13(18)7-5-10/h1-3,8-10H,4-7H2. The molecule has 2 aromatic rings. The van der Waals surface area contributed by atoms with Gasteiger partial charge in [0.15, 0.2) is 0 Å². The zero-order chi connectivity index (χ0) is 13.2. The van der Waals surface area contributed by atoms with Gasteiger partial charge in [-0.15, -0.1) is 11.3 Å². The topological polar surface area (TPSA) is 30.0 Å². The molecule has 1 aliphatic carbocycles. The van der Waals surface area contributed by atoms with Crippen molar-refractivity contribution < 1.29 is 4.79 Å². The molecule has 3 rings (SSSR count). The number of carbonyl (C=O) groups excluding carboxylic acids is 1. The fourth-order valence-electron chi connectivity index (χ4n) is 2.44. The van der Waals surface area contributed by atoms with Gasteiger partial charge >= 0.3 is 0 Å². The van der Waals surface area contributed by atoms with Gasteiger partial charge in [-0.1, -0.05) is 28.1 Å². The molecular formula is C15H14BrNOS. The molecule has 0 N–H and O–H groups in total. The maximum absolute atomic E-state index is 11.3. The summed E-state index contributed by atoms with van der Waals surface area (Å²) in [6.07, 6.45) is 3.36. The Balaban J connectivity index is 1.81. The van der Waals surface area contributed by atoms with Gasteiger partial charge in [0.2, 0.25) is 0 Å². The van der Waals surface area contributed by atoms with Gasteiger partial charge in [0, 0.05) is 34.2 Å². The Hall–Kier alpha value is -1.000. The molecule has 0 atom stereocenters. The second-order valence-corrected chi connectivity index (χ2v) is 6.70. The molecule has 98 valence electrons. The highest BCUT2D eigenvalue weighted by Crippen LogP contribution is 2.35. The molecule has 1 fully saturated rings. The number of aromatic nitrogens is 1. The lowest BCUT2D eigenvalue weighted by Gasteiger charge is -2.18. The van der Waals surface area contributed by atoms with Crippen LogP contribution in [0.15, 0.2) is 34.1 Å². The van der Waals surface area contributed by atoms with Crippen LogP contribution in [0, 0.1) is 0 Å². The van der Waals surface area contributed by atoms with Crippen LogP contribution in [0.1, 0.15) is 36.6 Å². The third kappa shape index (κ3) is 2.95. The SMILES string of the molecule is O=C1CCC(c2nc(-c3cccc(Br)c3)cs2)CC1. The van der Waals surface area contributed by atoms with Crippen molar-refractivity contribution in [2.24, 2.45) is 0 Å². The summed E-state index contributed by atoms with van der Waals surface area (Å²) in [7, 11) is 0. The number of ketones is 1. The lowest BCUT2D eigenvalue weighted by atomic mass is 9.89. The highest BCUT2D eigenvalue weighted by molar-refractivity contribution is 9.10. The first-order valence-electron chi connectivity index (χ1n) is 6.45. The average Bonchev–Trinajstić information content (AvgIpc) is 2.89. The van der Waals surface area contributed by atoms with E-state index in [1.807, 2.05) is 12.1 Å². The van der Waals surface area contributed by atoms with E-state index in [0.717, 1.165) is 41.4 Å². The number of rotatable bonds is 2. The minimum Gasteiger partial charge on any atom is -0.300 e. The molecule has 1 aromatic heterocycles. The molecule has 0 radical (unpaired) electrons. The van der Waals surface area contributed by atoms with Crippen LogP contribution in [0.3, 0.4) is 0 Å². The van der Waals surface area contributed by atoms with Gasteiger partial charge in [-0.05, 0) is 25.0 Å². The first kappa shape index (κ1) is 13.0. The van der Waals surface area contributed by atoms with E-state index in [-0.39, 0.29) is 0 Å². The summed E-state index contributed by atoms with van der Waals surface area (Å²) >= 11 is 5.21. The van der Waals surface area contributed by atoms with Crippen LogP contribution in [0.4, 0.5) is 0 Å². The normalized spacial score (nSPS) is 16.8. The Kier molecular flexibility index (Phi) is 3.80. The molecular weight excluding hydrogens is 322 g/mol. The van der Waals surface area contributed by atoms with Crippen molar-refractivity contribution in [2.45, 2.75) is 31.6 Å². The number of Topliss-reactive ketones (excluding diaryl/α,β-unsaturated/α-hetero) is 1. The summed E-state index contributed by atoms with van der Waals surface area (Å²) in [4.78, 5) is 16.0. The molecule has 1 heterocycles. The smallest absolute Gasteiger partial charge is 0.132 e. The number of hydrogen-bond acceptors (Lipinski definition) is 3. The maximum atomic E-state index is 11.3. The van der Waals surface area contributed by atoms with Crippen LogP contribution in [-0.2, 0) is 4.79 Å². The van der Waals surface area contributed by atoms with Crippen molar-refractivity contribution in [2.75, 3.05) is 0 Å². The zero-order valence-corrected chi connectivity index (χ0v) is 12.8. The molecule has 0 bridgehead atoms. The quantitative estimate of drug-likeness (QED) is 0.788. The van der Waals surface area contributed by atoms with E-state index >= 15 is 0 Å². The predicted molar refractivity (Wildman–Crippen MR) is 81.5 cm³/mol. The average molecular weight is 336 g/mol. The van der Waals surface area contributed by atoms with E-state index in [0.29, 0.717) is 11.7 Å². The van der Waals surface area contributed by atoms with E-state index in [4.69, 9.17) is 4.98 Å². The van der Waals surface area contributed by atoms with Gasteiger partial charge in [-0.2, -0.15) is 0 Å². The Morgan fingerprint density at radius 1 is 1.26 bits per heavy atom. The van der Waals surface area contributed by atoms with Gasteiger partial charge < -0.3 is 0 Å². The summed E-state index contributed by atoms with van der Waals surface area (Å²) in [5.41, 5.74) is 2.18. The van der Waals surface area contributed by atoms with E-state index in [9.17, 15) is 4.79 Å². The van der Waals surface area contributed by atoms with E-state index in [2.05, 4.69) is 33.4 Å². The molecule has 0 aliphatic heterocycles. The van der Waals surface area contributed by atoms with Crippen LogP contribution < -0.4 is 0 Å². The molecule has 19 heavy (non-hydrogen) atoms. The summed E-state index contributed by atoms with van der Waals surface area (Å²) in [6.45, 7) is 0. The number of hydrogen-bond donors (Lipinski definition) is 0. The number of nitrogens with zero attached hydrogens (tertiary/aromatic N) is 1. The Morgan fingerprint density at radius 2 is 2.05 bits per heavy atom. The van der Waals surface area contributed by atoms with Gasteiger partial charge in [-0.3, -0.25) is 4.79 Å². The number of benzene rings is 1. The van der Waals surface area contributed by atoms with E-state index in [1.54, 1.807) is 11.3 Å². The molecule has 0 unspecified atom stereocenters. The third-order valence-corrected chi connectivity index (χ3v) is 5.04. The Morgan fingerprint density at radius 3 is 2.79 bits per heavy atom. The molecule has 1 aromatic carbocycles. The lowest BCUT2D eigenvalue weighted by molar-refractivity contribution is -0.120. The van der Waals surface area contributed by atoms with Crippen molar-refractivity contribution in [1.82, 2.24) is 4.98 Å². The summed E-state index contributed by atoms with van der Waals surface area (Å²) in [5.74, 6) is 0.878. The second kappa shape index (κ2) is 5.55. The Labute approximate surface area is 125 Å². The van der Waals surface area contributed by atoms with Crippen LogP contribution in [0.2, 0.25) is 0 Å². The van der Waals surface area contributed by atoms with Gasteiger partial charge in [0.25, 0.3) is 0 Å². The highest BCUT2D eigenvalue weighted by atomic mass is 79.9. The summed E-state index contributed by atoms with van der Waals surface area (Å²) in [6, 6.07) is 8.21. The molecule has 2 nitrogen and oxygen atoms in total. The van der Waals surface area contributed by atoms with Crippen molar-refractivity contribution in [3.05, 3.63) is 39.1 Å². The van der Waals surface area contributed by atoms with Crippen molar-refractivity contribution in [3.63, 3.8) is 0 Å². The fourth-order valence-corrected chi connectivity index (χ4v) is 3.84. The van der Waals surface area contributed by atoms with Crippen molar-refractivity contribution in [1.29, 1.82) is 0 Å². The number of halogens is 1. The first-order valence-corrected chi connectivity index (χ1v) is 8.13. The van der Waals surface area contributed by atoms with Crippen LogP contribution in [0.25, 0.3) is 11.3 Å². The number of thiazole rings is 1. The zero-order valence-electron chi connectivity index (χ0n) is 10.4. The third-order valence-electron chi connectivity index (χ3n) is 3.53. The molecule has 0 saturated heterocycles. The van der Waals surface area contributed by atoms with Gasteiger partial charge in [0.05, 0.1) is 10.7 Å². The largest absolute Gasteiger partial charge is 0.300 e. The van der Waals surface area contributed by atoms with Crippen molar-refractivity contribution in [3.8, 4) is 11.3 Å². The second-order valence-electron chi connectivity index (χ2n) is 4.89. The Bertz CT molecular complexity index is 598. The van der Waals surface area contributed by atoms with Crippen LogP contribution >= 0.6 is 27.3 Å². The predicted octanol–water partition coefficient (Wildman–Crippen LogP) is 4.80. The minimum absolute atomic E-state index is 0.403. The van der Waals surface area contributed by atoms with Crippen LogP contribution in [0.5, 0.6) is 0 Å². The summed E-state index contributed by atoms with van der Waals surface area (Å²) in [5, 5.41) is 3.30. The van der Waals surface area contributed by atoms with Crippen molar-refractivity contribution >= 4 is 33.0 Å². The summed E-state index contributed by atoms with van der Waals surface area (Å²) < 4.78 is 1.07. The molecule has 4 heteroatoms. The molecule has 1 aliphatic rings. The lowest BCUT2D eigenvalue weighted by Crippen LogP contribution is -2.12. The molecule has 1 saturated carbocycles. The van der Waals surface area contributed by atoms with Gasteiger partial charge in [-0.25, -0.2) is 4.98 Å². The minimum atomic E-state index is 0.403. The molecule has 0 amide bonds. The molecule has 0 spiro atoms. The van der Waals surface area contributed by atoms with E-state index < -0.39 is 0 Å².